The van der Waals surface area contributed by atoms with Crippen molar-refractivity contribution in [2.75, 3.05) is 64.2 Å². The summed E-state index contributed by atoms with van der Waals surface area (Å²) in [6, 6.07) is 9.91. The van der Waals surface area contributed by atoms with Crippen LogP contribution in [0.5, 0.6) is 11.5 Å². The lowest BCUT2D eigenvalue weighted by atomic mass is 10.2. The Kier molecular flexibility index (Phi) is 7.73. The smallest absolute Gasteiger partial charge is 0.195 e. The van der Waals surface area contributed by atoms with Crippen LogP contribution in [0.15, 0.2) is 41.5 Å². The Morgan fingerprint density at radius 1 is 1.13 bits per heavy atom. The van der Waals surface area contributed by atoms with Gasteiger partial charge in [-0.15, -0.1) is 0 Å². The fourth-order valence-electron chi connectivity index (χ4n) is 3.30. The Bertz CT molecular complexity index is 849. The van der Waals surface area contributed by atoms with E-state index < -0.39 is 0 Å². The molecule has 8 nitrogen and oxygen atoms in total. The fraction of sp³-hybridized carbons (Fsp3) is 0.455. The molecule has 0 aliphatic carbocycles. The molecule has 0 saturated carbocycles. The largest absolute Gasteiger partial charge is 0.493 e. The molecule has 1 aromatic heterocycles. The van der Waals surface area contributed by atoms with Gasteiger partial charge in [-0.05, 0) is 43.8 Å². The summed E-state index contributed by atoms with van der Waals surface area (Å²) >= 11 is 0. The van der Waals surface area contributed by atoms with E-state index in [9.17, 15) is 0 Å². The van der Waals surface area contributed by atoms with Crippen LogP contribution < -0.4 is 25.0 Å². The number of aliphatic imine (C=N–C) groups is 1. The first-order chi connectivity index (χ1) is 14.6. The molecule has 0 bridgehead atoms. The van der Waals surface area contributed by atoms with E-state index in [-0.39, 0.29) is 0 Å². The predicted octanol–water partition coefficient (Wildman–Crippen LogP) is 2.43. The predicted molar refractivity (Wildman–Crippen MR) is 122 cm³/mol. The summed E-state index contributed by atoms with van der Waals surface area (Å²) in [6.07, 6.45) is 1.87. The summed E-state index contributed by atoms with van der Waals surface area (Å²) in [5.74, 6) is 3.12. The van der Waals surface area contributed by atoms with Crippen LogP contribution in [-0.4, -0.2) is 69.8 Å². The topological polar surface area (TPSA) is 74.2 Å². The highest BCUT2D eigenvalue weighted by Crippen LogP contribution is 2.30. The molecule has 1 saturated heterocycles. The van der Waals surface area contributed by atoms with Crippen molar-refractivity contribution < 1.29 is 9.47 Å². The molecule has 1 fully saturated rings. The molecule has 0 amide bonds. The Balaban J connectivity index is 1.60. The van der Waals surface area contributed by atoms with Crippen LogP contribution in [0.25, 0.3) is 0 Å². The second-order valence-electron chi connectivity index (χ2n) is 7.16. The van der Waals surface area contributed by atoms with Crippen molar-refractivity contribution in [3.63, 3.8) is 0 Å². The van der Waals surface area contributed by atoms with Crippen molar-refractivity contribution in [2.24, 2.45) is 4.99 Å². The van der Waals surface area contributed by atoms with Gasteiger partial charge in [0.05, 0.1) is 13.7 Å². The minimum atomic E-state index is 0.592. The Labute approximate surface area is 178 Å². The van der Waals surface area contributed by atoms with E-state index in [0.717, 1.165) is 49.0 Å². The van der Waals surface area contributed by atoms with Gasteiger partial charge in [-0.25, -0.2) is 4.98 Å². The Morgan fingerprint density at radius 2 is 1.93 bits per heavy atom. The number of nitrogens with one attached hydrogen (secondary N) is 2. The average Bonchev–Trinajstić information content (AvgIpc) is 2.78. The molecule has 0 radical (unpaired) electrons. The number of anilines is 2. The van der Waals surface area contributed by atoms with E-state index in [4.69, 9.17) is 9.47 Å². The number of aromatic nitrogens is 1. The first-order valence-corrected chi connectivity index (χ1v) is 10.3. The zero-order valence-electron chi connectivity index (χ0n) is 18.3. The van der Waals surface area contributed by atoms with Gasteiger partial charge < -0.3 is 29.9 Å². The fourth-order valence-corrected chi connectivity index (χ4v) is 3.30. The first-order valence-electron chi connectivity index (χ1n) is 10.3. The summed E-state index contributed by atoms with van der Waals surface area (Å²) in [5.41, 5.74) is 2.03. The molecule has 0 atom stereocenters. The number of rotatable bonds is 7. The number of likely N-dealkylation sites (N-methyl/N-ethyl adjacent to an activating group) is 1. The average molecular weight is 413 g/mol. The molecule has 0 spiro atoms. The number of hydrogen-bond acceptors (Lipinski definition) is 6. The van der Waals surface area contributed by atoms with E-state index in [1.165, 1.54) is 0 Å². The molecule has 0 unspecified atom stereocenters. The van der Waals surface area contributed by atoms with E-state index in [1.54, 1.807) is 14.2 Å². The van der Waals surface area contributed by atoms with Crippen molar-refractivity contribution in [2.45, 2.75) is 13.5 Å². The van der Waals surface area contributed by atoms with Crippen LogP contribution >= 0.6 is 0 Å². The highest BCUT2D eigenvalue weighted by atomic mass is 16.5. The van der Waals surface area contributed by atoms with Gasteiger partial charge in [-0.2, -0.15) is 0 Å². The van der Waals surface area contributed by atoms with E-state index >= 15 is 0 Å². The van der Waals surface area contributed by atoms with E-state index in [0.29, 0.717) is 24.9 Å². The van der Waals surface area contributed by atoms with Gasteiger partial charge in [0, 0.05) is 57.7 Å². The van der Waals surface area contributed by atoms with Crippen LogP contribution in [0, 0.1) is 0 Å². The maximum Gasteiger partial charge on any atom is 0.195 e. The Morgan fingerprint density at radius 3 is 2.63 bits per heavy atom. The molecule has 30 heavy (non-hydrogen) atoms. The lowest BCUT2D eigenvalue weighted by molar-refractivity contribution is 0.311. The molecule has 2 aromatic rings. The van der Waals surface area contributed by atoms with Gasteiger partial charge in [0.25, 0.3) is 0 Å². The summed E-state index contributed by atoms with van der Waals surface area (Å²) in [7, 11) is 5.54. The van der Waals surface area contributed by atoms with Crippen LogP contribution in [0.4, 0.5) is 11.5 Å². The summed E-state index contributed by atoms with van der Waals surface area (Å²) in [5, 5.41) is 6.66. The number of nitrogens with zero attached hydrogens (tertiary/aromatic N) is 4. The molecule has 2 N–H and O–H groups in total. The molecule has 162 valence electrons. The minimum Gasteiger partial charge on any atom is -0.493 e. The third-order valence-electron chi connectivity index (χ3n) is 5.05. The zero-order chi connectivity index (χ0) is 21.3. The molecule has 3 rings (SSSR count). The molecule has 1 aliphatic rings. The van der Waals surface area contributed by atoms with Crippen molar-refractivity contribution in [1.29, 1.82) is 0 Å². The summed E-state index contributed by atoms with van der Waals surface area (Å²) in [4.78, 5) is 13.6. The van der Waals surface area contributed by atoms with Gasteiger partial charge >= 0.3 is 0 Å². The van der Waals surface area contributed by atoms with Crippen molar-refractivity contribution in [3.8, 4) is 11.5 Å². The number of benzene rings is 1. The molecule has 8 heteroatoms. The molecular formula is C22H32N6O2. The number of methoxy groups -OCH3 is 1. The number of guanidine groups is 1. The highest BCUT2D eigenvalue weighted by Gasteiger charge is 2.15. The maximum absolute atomic E-state index is 5.58. The molecular weight excluding hydrogens is 380 g/mol. The van der Waals surface area contributed by atoms with Crippen molar-refractivity contribution in [1.82, 2.24) is 15.2 Å². The summed E-state index contributed by atoms with van der Waals surface area (Å²) in [6.45, 7) is 7.32. The minimum absolute atomic E-state index is 0.592. The second kappa shape index (κ2) is 10.7. The number of pyridine rings is 1. The Hall–Kier alpha value is -3.00. The quantitative estimate of drug-likeness (QED) is 0.534. The lowest BCUT2D eigenvalue weighted by Gasteiger charge is -2.33. The van der Waals surface area contributed by atoms with E-state index in [2.05, 4.69) is 43.5 Å². The molecule has 2 heterocycles. The normalized spacial score (nSPS) is 15.1. The van der Waals surface area contributed by atoms with Crippen molar-refractivity contribution in [3.05, 3.63) is 42.1 Å². The monoisotopic (exact) mass is 412 g/mol. The standard InChI is InChI=1S/C22H32N6O2/c1-5-30-19-7-6-18(15-20(19)29-4)26-22(23-2)25-16-17-8-9-24-21(14-17)28-12-10-27(3)11-13-28/h6-9,14-15H,5,10-13,16H2,1-4H3,(H2,23,25,26). The third kappa shape index (κ3) is 5.76. The number of hydrogen-bond donors (Lipinski definition) is 2. The number of piperazine rings is 1. The summed E-state index contributed by atoms with van der Waals surface area (Å²) < 4.78 is 11.0. The molecule has 1 aromatic carbocycles. The van der Waals surface area contributed by atoms with Gasteiger partial charge in [-0.3, -0.25) is 4.99 Å². The van der Waals surface area contributed by atoms with Gasteiger partial charge in [0.1, 0.15) is 5.82 Å². The van der Waals surface area contributed by atoms with Gasteiger partial charge in [0.15, 0.2) is 17.5 Å². The molecule has 1 aliphatic heterocycles. The van der Waals surface area contributed by atoms with Gasteiger partial charge in [0.2, 0.25) is 0 Å². The second-order valence-corrected chi connectivity index (χ2v) is 7.16. The van der Waals surface area contributed by atoms with Crippen LogP contribution in [0.2, 0.25) is 0 Å². The maximum atomic E-state index is 5.58. The van der Waals surface area contributed by atoms with Crippen LogP contribution in [-0.2, 0) is 6.54 Å². The highest BCUT2D eigenvalue weighted by molar-refractivity contribution is 5.93. The zero-order valence-corrected chi connectivity index (χ0v) is 18.3. The van der Waals surface area contributed by atoms with Gasteiger partial charge in [-0.1, -0.05) is 0 Å². The first kappa shape index (κ1) is 21.7. The third-order valence-corrected chi connectivity index (χ3v) is 5.05. The van der Waals surface area contributed by atoms with E-state index in [1.807, 2.05) is 37.4 Å². The van der Waals surface area contributed by atoms with Crippen LogP contribution in [0.1, 0.15) is 12.5 Å². The SMILES string of the molecule is CCOc1ccc(NC(=NC)NCc2ccnc(N3CCN(C)CC3)c2)cc1OC. The number of ether oxygens (including phenoxy) is 2. The van der Waals surface area contributed by atoms with Crippen LogP contribution in [0.3, 0.4) is 0 Å². The van der Waals surface area contributed by atoms with Crippen molar-refractivity contribution >= 4 is 17.5 Å². The lowest BCUT2D eigenvalue weighted by Crippen LogP contribution is -2.44.